The van der Waals surface area contributed by atoms with Crippen molar-refractivity contribution in [2.45, 2.75) is 0 Å². The van der Waals surface area contributed by atoms with E-state index < -0.39 is 0 Å². The minimum absolute atomic E-state index is 0.620. The van der Waals surface area contributed by atoms with Crippen molar-refractivity contribution >= 4 is 32.8 Å². The lowest BCUT2D eigenvalue weighted by Gasteiger charge is -2.11. The van der Waals surface area contributed by atoms with Crippen LogP contribution in [-0.2, 0) is 0 Å². The second-order valence-corrected chi connectivity index (χ2v) is 11.5. The zero-order valence-corrected chi connectivity index (χ0v) is 25.2. The van der Waals surface area contributed by atoms with Crippen LogP contribution in [0.4, 0.5) is 0 Å². The Morgan fingerprint density at radius 1 is 0.426 bits per heavy atom. The van der Waals surface area contributed by atoms with Crippen LogP contribution in [0.1, 0.15) is 0 Å². The first kappa shape index (κ1) is 26.9. The average Bonchev–Trinajstić information content (AvgIpc) is 3.54. The molecule has 0 fully saturated rings. The maximum Gasteiger partial charge on any atom is 0.164 e. The Balaban J connectivity index is 1.16. The number of hydrogen-bond donors (Lipinski definition) is 0. The zero-order valence-electron chi connectivity index (χ0n) is 25.2. The van der Waals surface area contributed by atoms with Crippen molar-refractivity contribution in [1.29, 1.82) is 0 Å². The van der Waals surface area contributed by atoms with Crippen molar-refractivity contribution in [3.05, 3.63) is 158 Å². The summed E-state index contributed by atoms with van der Waals surface area (Å²) in [6, 6.07) is 51.7. The smallest absolute Gasteiger partial charge is 0.164 e. The van der Waals surface area contributed by atoms with Gasteiger partial charge in [0.1, 0.15) is 11.1 Å². The molecular formula is C42H26N4O. The number of nitrogens with zero attached hydrogens (tertiary/aromatic N) is 4. The molecule has 0 atom stereocenters. The summed E-state index contributed by atoms with van der Waals surface area (Å²) in [6.45, 7) is 0. The van der Waals surface area contributed by atoms with Crippen LogP contribution in [0, 0.1) is 0 Å². The lowest BCUT2D eigenvalue weighted by Crippen LogP contribution is -2.00. The molecule has 5 heteroatoms. The van der Waals surface area contributed by atoms with Crippen molar-refractivity contribution in [1.82, 2.24) is 19.9 Å². The summed E-state index contributed by atoms with van der Waals surface area (Å²) in [7, 11) is 0. The van der Waals surface area contributed by atoms with Gasteiger partial charge < -0.3 is 4.42 Å². The van der Waals surface area contributed by atoms with Crippen molar-refractivity contribution in [3.63, 3.8) is 0 Å². The molecule has 47 heavy (non-hydrogen) atoms. The fourth-order valence-electron chi connectivity index (χ4n) is 6.28. The molecule has 3 heterocycles. The highest BCUT2D eigenvalue weighted by Crippen LogP contribution is 2.39. The molecule has 0 spiro atoms. The van der Waals surface area contributed by atoms with E-state index in [0.29, 0.717) is 17.5 Å². The number of hydrogen-bond acceptors (Lipinski definition) is 5. The Morgan fingerprint density at radius 2 is 1.04 bits per heavy atom. The third kappa shape index (κ3) is 4.82. The largest absolute Gasteiger partial charge is 0.454 e. The quantitative estimate of drug-likeness (QED) is 0.196. The van der Waals surface area contributed by atoms with E-state index in [1.54, 1.807) is 0 Å². The molecule has 5 nitrogen and oxygen atoms in total. The number of fused-ring (bicyclic) bond motifs is 5. The van der Waals surface area contributed by atoms with Crippen molar-refractivity contribution < 1.29 is 4.42 Å². The van der Waals surface area contributed by atoms with Crippen LogP contribution >= 0.6 is 0 Å². The van der Waals surface area contributed by atoms with Gasteiger partial charge in [-0.25, -0.2) is 15.0 Å². The summed E-state index contributed by atoms with van der Waals surface area (Å²) in [5, 5.41) is 3.20. The van der Waals surface area contributed by atoms with Crippen LogP contribution < -0.4 is 0 Å². The van der Waals surface area contributed by atoms with E-state index in [0.717, 1.165) is 71.8 Å². The lowest BCUT2D eigenvalue weighted by atomic mass is 9.96. The summed E-state index contributed by atoms with van der Waals surface area (Å²) >= 11 is 0. The van der Waals surface area contributed by atoms with Crippen LogP contribution in [0.5, 0.6) is 0 Å². The van der Waals surface area contributed by atoms with Gasteiger partial charge in [-0.15, -0.1) is 0 Å². The van der Waals surface area contributed by atoms with Gasteiger partial charge in [-0.3, -0.25) is 4.98 Å². The molecule has 0 bridgehead atoms. The standard InChI is InChI=1S/C42H26N4O/c1-3-10-27(11-4-1)32-15-7-16-33(26-32)42-45-40(30-12-5-2-6-13-30)44-41(46-42)31-21-19-28(20-22-31)34-17-8-14-29-23-24-35-38-36(18-9-25-43-38)47-39(35)37(29)34/h1-26H. The minimum atomic E-state index is 0.620. The normalized spacial score (nSPS) is 11.4. The molecule has 6 aromatic carbocycles. The molecule has 3 aromatic heterocycles. The summed E-state index contributed by atoms with van der Waals surface area (Å²) in [4.78, 5) is 19.5. The van der Waals surface area contributed by atoms with Gasteiger partial charge >= 0.3 is 0 Å². The maximum atomic E-state index is 6.38. The topological polar surface area (TPSA) is 64.7 Å². The third-order valence-corrected chi connectivity index (χ3v) is 8.59. The predicted molar refractivity (Wildman–Crippen MR) is 190 cm³/mol. The number of rotatable bonds is 5. The van der Waals surface area contributed by atoms with E-state index in [4.69, 9.17) is 19.4 Å². The Kier molecular flexibility index (Phi) is 6.39. The Hall–Kier alpha value is -6.46. The molecule has 0 saturated carbocycles. The molecule has 0 unspecified atom stereocenters. The van der Waals surface area contributed by atoms with Crippen LogP contribution in [-0.4, -0.2) is 19.9 Å². The van der Waals surface area contributed by atoms with Gasteiger partial charge in [0, 0.05) is 33.7 Å². The Labute approximate surface area is 270 Å². The van der Waals surface area contributed by atoms with E-state index in [2.05, 4.69) is 108 Å². The van der Waals surface area contributed by atoms with E-state index >= 15 is 0 Å². The fraction of sp³-hybridized carbons (Fsp3) is 0. The predicted octanol–water partition coefficient (Wildman–Crippen LogP) is 10.7. The number of pyridine rings is 1. The minimum Gasteiger partial charge on any atom is -0.454 e. The van der Waals surface area contributed by atoms with Crippen LogP contribution in [0.25, 0.3) is 89.3 Å². The molecule has 9 aromatic rings. The van der Waals surface area contributed by atoms with Gasteiger partial charge in [0.2, 0.25) is 0 Å². The molecular weight excluding hydrogens is 576 g/mol. The molecule has 9 rings (SSSR count). The zero-order chi connectivity index (χ0) is 31.2. The molecule has 0 aliphatic rings. The van der Waals surface area contributed by atoms with Gasteiger partial charge in [0.25, 0.3) is 0 Å². The van der Waals surface area contributed by atoms with E-state index in [1.807, 2.05) is 54.7 Å². The molecule has 0 radical (unpaired) electrons. The monoisotopic (exact) mass is 602 g/mol. The number of furan rings is 1. The van der Waals surface area contributed by atoms with Gasteiger partial charge in [0.15, 0.2) is 23.1 Å². The van der Waals surface area contributed by atoms with Gasteiger partial charge in [-0.2, -0.15) is 0 Å². The highest BCUT2D eigenvalue weighted by Gasteiger charge is 2.16. The second-order valence-electron chi connectivity index (χ2n) is 11.5. The van der Waals surface area contributed by atoms with Gasteiger partial charge in [-0.1, -0.05) is 127 Å². The van der Waals surface area contributed by atoms with Crippen molar-refractivity contribution in [2.75, 3.05) is 0 Å². The number of benzene rings is 6. The van der Waals surface area contributed by atoms with Crippen LogP contribution in [0.3, 0.4) is 0 Å². The molecule has 0 N–H and O–H groups in total. The second kappa shape index (κ2) is 11.2. The van der Waals surface area contributed by atoms with Gasteiger partial charge in [0.05, 0.1) is 0 Å². The summed E-state index contributed by atoms with van der Waals surface area (Å²) in [6.07, 6.45) is 1.81. The Morgan fingerprint density at radius 3 is 1.81 bits per heavy atom. The first-order valence-electron chi connectivity index (χ1n) is 15.6. The average molecular weight is 603 g/mol. The number of aromatic nitrogens is 4. The van der Waals surface area contributed by atoms with Crippen LogP contribution in [0.15, 0.2) is 162 Å². The van der Waals surface area contributed by atoms with Gasteiger partial charge in [-0.05, 0) is 51.9 Å². The maximum absolute atomic E-state index is 6.38. The highest BCUT2D eigenvalue weighted by atomic mass is 16.3. The van der Waals surface area contributed by atoms with E-state index in [1.165, 1.54) is 0 Å². The third-order valence-electron chi connectivity index (χ3n) is 8.59. The van der Waals surface area contributed by atoms with Crippen molar-refractivity contribution in [3.8, 4) is 56.4 Å². The first-order valence-corrected chi connectivity index (χ1v) is 15.6. The molecule has 0 aliphatic carbocycles. The Bertz CT molecular complexity index is 2560. The lowest BCUT2D eigenvalue weighted by molar-refractivity contribution is 0.672. The summed E-state index contributed by atoms with van der Waals surface area (Å²) in [5.41, 5.74) is 9.73. The molecule has 0 amide bonds. The molecule has 0 saturated heterocycles. The SMILES string of the molecule is c1ccc(-c2cccc(-c3nc(-c4ccccc4)nc(-c4ccc(-c5cccc6ccc7c8ncccc8oc7c56)cc4)n3)c2)cc1. The van der Waals surface area contributed by atoms with Crippen LogP contribution in [0.2, 0.25) is 0 Å². The van der Waals surface area contributed by atoms with E-state index in [-0.39, 0.29) is 0 Å². The van der Waals surface area contributed by atoms with E-state index in [9.17, 15) is 0 Å². The highest BCUT2D eigenvalue weighted by molar-refractivity contribution is 6.18. The summed E-state index contributed by atoms with van der Waals surface area (Å²) in [5.74, 6) is 1.88. The first-order chi connectivity index (χ1) is 23.3. The van der Waals surface area contributed by atoms with Crippen molar-refractivity contribution in [2.24, 2.45) is 0 Å². The molecule has 220 valence electrons. The summed E-state index contributed by atoms with van der Waals surface area (Å²) < 4.78 is 6.38. The molecule has 0 aliphatic heterocycles. The fourth-order valence-corrected chi connectivity index (χ4v) is 6.28.